The Balaban J connectivity index is 1.95. The van der Waals surface area contributed by atoms with Crippen LogP contribution in [0.15, 0.2) is 30.3 Å². The molecule has 1 aliphatic rings. The normalized spacial score (nSPS) is 22.5. The molecule has 1 fully saturated rings. The predicted octanol–water partition coefficient (Wildman–Crippen LogP) is 6.44. The van der Waals surface area contributed by atoms with E-state index in [4.69, 9.17) is 4.74 Å². The molecule has 1 aromatic carbocycles. The standard InChI is InChI=1S/C19H28F2O/c1-2-3-4-6-11-16-12-9-10-15-18(16)19(20,21)22-17-13-7-5-8-14-17/h5,7-8,13-14,16,18H,2-4,6,9-12,15H2,1H3. The summed E-state index contributed by atoms with van der Waals surface area (Å²) in [5, 5.41) is 0. The van der Waals surface area contributed by atoms with Crippen molar-refractivity contribution in [1.29, 1.82) is 0 Å². The molecule has 0 spiro atoms. The summed E-state index contributed by atoms with van der Waals surface area (Å²) in [6.07, 6.45) is 5.94. The molecule has 1 nitrogen and oxygen atoms in total. The van der Waals surface area contributed by atoms with E-state index >= 15 is 0 Å². The first-order valence-electron chi connectivity index (χ1n) is 8.75. The Morgan fingerprint density at radius 1 is 1.05 bits per heavy atom. The van der Waals surface area contributed by atoms with Gasteiger partial charge in [-0.1, -0.05) is 63.6 Å². The Kier molecular flexibility index (Phi) is 6.66. The lowest BCUT2D eigenvalue weighted by Crippen LogP contribution is -2.41. The zero-order chi connectivity index (χ0) is 15.8. The second-order valence-electron chi connectivity index (χ2n) is 6.48. The SMILES string of the molecule is CCCCCCC1CCCCC1C(F)(F)Oc1ccccc1. The molecule has 0 bridgehead atoms. The third-order valence-corrected chi connectivity index (χ3v) is 4.77. The number of para-hydroxylation sites is 1. The minimum atomic E-state index is -3.06. The van der Waals surface area contributed by atoms with Crippen molar-refractivity contribution in [2.24, 2.45) is 11.8 Å². The highest BCUT2D eigenvalue weighted by molar-refractivity contribution is 5.21. The van der Waals surface area contributed by atoms with E-state index in [2.05, 4.69) is 6.92 Å². The zero-order valence-electron chi connectivity index (χ0n) is 13.6. The lowest BCUT2D eigenvalue weighted by atomic mass is 9.76. The summed E-state index contributed by atoms with van der Waals surface area (Å²) in [5.41, 5.74) is 0. The first-order valence-corrected chi connectivity index (χ1v) is 8.75. The van der Waals surface area contributed by atoms with Crippen LogP contribution in [0.2, 0.25) is 0 Å². The van der Waals surface area contributed by atoms with Crippen molar-refractivity contribution >= 4 is 0 Å². The lowest BCUT2D eigenvalue weighted by Gasteiger charge is -2.36. The summed E-state index contributed by atoms with van der Waals surface area (Å²) in [4.78, 5) is 0. The van der Waals surface area contributed by atoms with Gasteiger partial charge in [-0.3, -0.25) is 0 Å². The van der Waals surface area contributed by atoms with Gasteiger partial charge in [0.1, 0.15) is 5.75 Å². The first-order chi connectivity index (χ1) is 10.6. The van der Waals surface area contributed by atoms with Crippen molar-refractivity contribution in [2.75, 3.05) is 0 Å². The van der Waals surface area contributed by atoms with Crippen LogP contribution in [0.4, 0.5) is 8.78 Å². The van der Waals surface area contributed by atoms with E-state index in [1.807, 2.05) is 6.07 Å². The topological polar surface area (TPSA) is 9.23 Å². The fourth-order valence-electron chi connectivity index (χ4n) is 3.55. The molecule has 1 saturated carbocycles. The molecule has 2 unspecified atom stereocenters. The fraction of sp³-hybridized carbons (Fsp3) is 0.684. The summed E-state index contributed by atoms with van der Waals surface area (Å²) in [6, 6.07) is 8.48. The highest BCUT2D eigenvalue weighted by Gasteiger charge is 2.47. The highest BCUT2D eigenvalue weighted by Crippen LogP contribution is 2.43. The van der Waals surface area contributed by atoms with Crippen LogP contribution in [0, 0.1) is 11.8 Å². The Labute approximate surface area is 133 Å². The van der Waals surface area contributed by atoms with Gasteiger partial charge >= 0.3 is 6.11 Å². The smallest absolute Gasteiger partial charge is 0.400 e. The Bertz CT molecular complexity index is 419. The van der Waals surface area contributed by atoms with Gasteiger partial charge in [0.25, 0.3) is 0 Å². The largest absolute Gasteiger partial charge is 0.432 e. The molecular weight excluding hydrogens is 282 g/mol. The van der Waals surface area contributed by atoms with Gasteiger partial charge in [-0.05, 0) is 37.3 Å². The molecule has 2 atom stereocenters. The number of benzene rings is 1. The van der Waals surface area contributed by atoms with Crippen LogP contribution < -0.4 is 4.74 Å². The molecule has 22 heavy (non-hydrogen) atoms. The molecule has 0 heterocycles. The van der Waals surface area contributed by atoms with Crippen molar-refractivity contribution in [2.45, 2.75) is 70.8 Å². The van der Waals surface area contributed by atoms with Crippen LogP contribution in [0.5, 0.6) is 5.75 Å². The van der Waals surface area contributed by atoms with Crippen molar-refractivity contribution in [3.05, 3.63) is 30.3 Å². The predicted molar refractivity (Wildman–Crippen MR) is 86.2 cm³/mol. The maximum absolute atomic E-state index is 14.6. The van der Waals surface area contributed by atoms with E-state index in [-0.39, 0.29) is 11.7 Å². The Hall–Kier alpha value is -1.12. The Morgan fingerprint density at radius 3 is 2.50 bits per heavy atom. The summed E-state index contributed by atoms with van der Waals surface area (Å²) in [6.45, 7) is 2.17. The summed E-state index contributed by atoms with van der Waals surface area (Å²) in [5.74, 6) is -0.268. The van der Waals surface area contributed by atoms with Crippen LogP contribution in [-0.4, -0.2) is 6.11 Å². The van der Waals surface area contributed by atoms with Crippen LogP contribution >= 0.6 is 0 Å². The van der Waals surface area contributed by atoms with Gasteiger partial charge in [0.2, 0.25) is 0 Å². The second kappa shape index (κ2) is 8.50. The number of alkyl halides is 2. The molecule has 1 aliphatic carbocycles. The van der Waals surface area contributed by atoms with Crippen LogP contribution in [0.3, 0.4) is 0 Å². The third kappa shape index (κ3) is 4.96. The van der Waals surface area contributed by atoms with Gasteiger partial charge in [0.15, 0.2) is 0 Å². The average Bonchev–Trinajstić information content (AvgIpc) is 2.52. The monoisotopic (exact) mass is 310 g/mol. The van der Waals surface area contributed by atoms with Gasteiger partial charge in [0.05, 0.1) is 5.92 Å². The van der Waals surface area contributed by atoms with Gasteiger partial charge in [-0.25, -0.2) is 0 Å². The number of ether oxygens (including phenoxy) is 1. The second-order valence-corrected chi connectivity index (χ2v) is 6.48. The maximum atomic E-state index is 14.6. The molecule has 2 rings (SSSR count). The average molecular weight is 310 g/mol. The van der Waals surface area contributed by atoms with Crippen LogP contribution in [-0.2, 0) is 0 Å². The van der Waals surface area contributed by atoms with E-state index < -0.39 is 12.0 Å². The van der Waals surface area contributed by atoms with Crippen LogP contribution in [0.1, 0.15) is 64.7 Å². The number of rotatable bonds is 8. The van der Waals surface area contributed by atoms with Gasteiger partial charge in [-0.15, -0.1) is 0 Å². The quantitative estimate of drug-likeness (QED) is 0.502. The van der Waals surface area contributed by atoms with Crippen molar-refractivity contribution in [3.8, 4) is 5.75 Å². The maximum Gasteiger partial charge on any atom is 0.400 e. The number of hydrogen-bond donors (Lipinski definition) is 0. The van der Waals surface area contributed by atoms with E-state index in [0.717, 1.165) is 38.5 Å². The summed E-state index contributed by atoms with van der Waals surface area (Å²) >= 11 is 0. The van der Waals surface area contributed by atoms with E-state index in [0.29, 0.717) is 6.42 Å². The molecular formula is C19H28F2O. The molecule has 3 heteroatoms. The number of hydrogen-bond acceptors (Lipinski definition) is 1. The van der Waals surface area contributed by atoms with E-state index in [1.54, 1.807) is 24.3 Å². The van der Waals surface area contributed by atoms with Crippen LogP contribution in [0.25, 0.3) is 0 Å². The van der Waals surface area contributed by atoms with Crippen molar-refractivity contribution in [3.63, 3.8) is 0 Å². The molecule has 0 aromatic heterocycles. The minimum Gasteiger partial charge on any atom is -0.432 e. The van der Waals surface area contributed by atoms with Gasteiger partial charge < -0.3 is 4.74 Å². The first kappa shape index (κ1) is 17.2. The van der Waals surface area contributed by atoms with Crippen molar-refractivity contribution in [1.82, 2.24) is 0 Å². The van der Waals surface area contributed by atoms with Gasteiger partial charge in [0, 0.05) is 0 Å². The molecule has 0 saturated heterocycles. The summed E-state index contributed by atoms with van der Waals surface area (Å²) in [7, 11) is 0. The van der Waals surface area contributed by atoms with E-state index in [1.165, 1.54) is 12.8 Å². The van der Waals surface area contributed by atoms with Gasteiger partial charge in [-0.2, -0.15) is 8.78 Å². The molecule has 1 aromatic rings. The molecule has 0 radical (unpaired) electrons. The Morgan fingerprint density at radius 2 is 1.77 bits per heavy atom. The minimum absolute atomic E-state index is 0.101. The van der Waals surface area contributed by atoms with E-state index in [9.17, 15) is 8.78 Å². The molecule has 124 valence electrons. The molecule has 0 N–H and O–H groups in total. The third-order valence-electron chi connectivity index (χ3n) is 4.77. The number of halogens is 2. The summed E-state index contributed by atoms with van der Waals surface area (Å²) < 4.78 is 34.3. The lowest BCUT2D eigenvalue weighted by molar-refractivity contribution is -0.234. The fourth-order valence-corrected chi connectivity index (χ4v) is 3.55. The molecule has 0 amide bonds. The van der Waals surface area contributed by atoms with Crippen molar-refractivity contribution < 1.29 is 13.5 Å². The molecule has 0 aliphatic heterocycles. The number of unbranched alkanes of at least 4 members (excludes halogenated alkanes) is 3. The highest BCUT2D eigenvalue weighted by atomic mass is 19.3. The zero-order valence-corrected chi connectivity index (χ0v) is 13.6.